The number of aromatic nitrogens is 3. The number of esters is 1. The predicted octanol–water partition coefficient (Wildman–Crippen LogP) is 3.87. The second-order valence-corrected chi connectivity index (χ2v) is 6.77. The third-order valence-electron chi connectivity index (χ3n) is 3.96. The molecule has 0 radical (unpaired) electrons. The lowest BCUT2D eigenvalue weighted by Gasteiger charge is -2.05. The van der Waals surface area contributed by atoms with Crippen molar-refractivity contribution in [3.8, 4) is 0 Å². The molecule has 0 N–H and O–H groups in total. The minimum Gasteiger partial charge on any atom is -0.462 e. The molecule has 0 bridgehead atoms. The molecule has 26 heavy (non-hydrogen) atoms. The molecule has 0 amide bonds. The number of carbonyl (C=O) groups excluding carboxylic acids is 1. The van der Waals surface area contributed by atoms with Crippen molar-refractivity contribution in [2.45, 2.75) is 24.3 Å². The van der Waals surface area contributed by atoms with E-state index in [4.69, 9.17) is 4.74 Å². The maximum atomic E-state index is 11.7. The average Bonchev–Trinajstić information content (AvgIpc) is 3.01. The zero-order chi connectivity index (χ0) is 18.4. The molecule has 0 saturated carbocycles. The molecule has 3 rings (SSSR count). The van der Waals surface area contributed by atoms with Gasteiger partial charge in [0.15, 0.2) is 5.16 Å². The van der Waals surface area contributed by atoms with Crippen LogP contribution in [0.4, 0.5) is 0 Å². The van der Waals surface area contributed by atoms with Crippen LogP contribution >= 0.6 is 11.8 Å². The van der Waals surface area contributed by atoms with Crippen molar-refractivity contribution in [2.24, 2.45) is 7.05 Å². The Hall–Kier alpha value is -2.60. The minimum atomic E-state index is -0.287. The van der Waals surface area contributed by atoms with E-state index >= 15 is 0 Å². The largest absolute Gasteiger partial charge is 0.462 e. The van der Waals surface area contributed by atoms with E-state index in [1.165, 1.54) is 5.56 Å². The quantitative estimate of drug-likeness (QED) is 0.469. The lowest BCUT2D eigenvalue weighted by molar-refractivity contribution is 0.0526. The topological polar surface area (TPSA) is 57.0 Å². The van der Waals surface area contributed by atoms with Crippen molar-refractivity contribution < 1.29 is 9.53 Å². The number of carbonyl (C=O) groups is 1. The van der Waals surface area contributed by atoms with Gasteiger partial charge < -0.3 is 9.30 Å². The second-order valence-electron chi connectivity index (χ2n) is 5.83. The van der Waals surface area contributed by atoms with Gasteiger partial charge >= 0.3 is 5.97 Å². The third-order valence-corrected chi connectivity index (χ3v) is 5.05. The molecule has 3 aromatic rings. The van der Waals surface area contributed by atoms with Gasteiger partial charge in [-0.05, 0) is 30.2 Å². The Morgan fingerprint density at radius 2 is 1.77 bits per heavy atom. The summed E-state index contributed by atoms with van der Waals surface area (Å²) in [6, 6.07) is 17.7. The van der Waals surface area contributed by atoms with Gasteiger partial charge in [-0.25, -0.2) is 4.79 Å². The summed E-state index contributed by atoms with van der Waals surface area (Å²) in [6.07, 6.45) is 0.763. The van der Waals surface area contributed by atoms with Crippen molar-refractivity contribution in [3.63, 3.8) is 0 Å². The molecule has 5 nitrogen and oxygen atoms in total. The summed E-state index contributed by atoms with van der Waals surface area (Å²) in [4.78, 5) is 11.7. The van der Waals surface area contributed by atoms with Gasteiger partial charge in [-0.1, -0.05) is 54.2 Å². The molecule has 0 aliphatic rings. The summed E-state index contributed by atoms with van der Waals surface area (Å²) in [5.74, 6) is 1.42. The molecule has 0 atom stereocenters. The van der Waals surface area contributed by atoms with Gasteiger partial charge in [0.1, 0.15) is 5.82 Å². The molecule has 6 heteroatoms. The van der Waals surface area contributed by atoms with E-state index < -0.39 is 0 Å². The van der Waals surface area contributed by atoms with Crippen molar-refractivity contribution >= 4 is 17.7 Å². The molecular formula is C20H21N3O2S. The molecular weight excluding hydrogens is 346 g/mol. The minimum absolute atomic E-state index is 0.287. The second kappa shape index (κ2) is 8.67. The number of hydrogen-bond acceptors (Lipinski definition) is 5. The Kier molecular flexibility index (Phi) is 6.07. The van der Waals surface area contributed by atoms with Gasteiger partial charge in [0.25, 0.3) is 0 Å². The summed E-state index contributed by atoms with van der Waals surface area (Å²) >= 11 is 1.63. The Morgan fingerprint density at radius 1 is 1.04 bits per heavy atom. The van der Waals surface area contributed by atoms with Crippen molar-refractivity contribution in [2.75, 3.05) is 6.61 Å². The van der Waals surface area contributed by atoms with Crippen LogP contribution in [0, 0.1) is 0 Å². The van der Waals surface area contributed by atoms with Crippen molar-refractivity contribution in [1.29, 1.82) is 0 Å². The number of benzene rings is 2. The van der Waals surface area contributed by atoms with Gasteiger partial charge in [-0.15, -0.1) is 10.2 Å². The van der Waals surface area contributed by atoms with E-state index in [1.54, 1.807) is 30.8 Å². The number of thioether (sulfide) groups is 1. The molecule has 0 saturated heterocycles. The molecule has 1 heterocycles. The van der Waals surface area contributed by atoms with Gasteiger partial charge in [0, 0.05) is 19.2 Å². The van der Waals surface area contributed by atoms with Crippen molar-refractivity contribution in [3.05, 3.63) is 77.1 Å². The van der Waals surface area contributed by atoms with E-state index in [0.29, 0.717) is 12.2 Å². The predicted molar refractivity (Wildman–Crippen MR) is 102 cm³/mol. The van der Waals surface area contributed by atoms with E-state index in [9.17, 15) is 4.79 Å². The molecule has 0 aliphatic heterocycles. The zero-order valence-corrected chi connectivity index (χ0v) is 15.7. The zero-order valence-electron chi connectivity index (χ0n) is 14.9. The highest BCUT2D eigenvalue weighted by atomic mass is 32.2. The lowest BCUT2D eigenvalue weighted by atomic mass is 10.1. The Morgan fingerprint density at radius 3 is 2.46 bits per heavy atom. The Bertz CT molecular complexity index is 861. The number of rotatable bonds is 7. The number of nitrogens with zero attached hydrogens (tertiary/aromatic N) is 3. The molecule has 0 fully saturated rings. The summed E-state index contributed by atoms with van der Waals surface area (Å²) in [5, 5.41) is 9.49. The fourth-order valence-electron chi connectivity index (χ4n) is 2.50. The molecule has 0 unspecified atom stereocenters. The van der Waals surface area contributed by atoms with E-state index in [0.717, 1.165) is 28.7 Å². The third kappa shape index (κ3) is 4.52. The Balaban J connectivity index is 1.61. The standard InChI is InChI=1S/C20H21N3O2S/c1-3-25-19(24)17-11-9-16(10-12-17)14-26-20-22-21-18(23(20)2)13-15-7-5-4-6-8-15/h4-12H,3,13-14H2,1-2H3. The summed E-state index contributed by atoms with van der Waals surface area (Å²) in [7, 11) is 1.99. The smallest absolute Gasteiger partial charge is 0.338 e. The first kappa shape index (κ1) is 18.2. The maximum absolute atomic E-state index is 11.7. The van der Waals surface area contributed by atoms with Gasteiger partial charge in [-0.3, -0.25) is 0 Å². The highest BCUT2D eigenvalue weighted by molar-refractivity contribution is 7.98. The van der Waals surface area contributed by atoms with Crippen LogP contribution in [0.15, 0.2) is 59.8 Å². The van der Waals surface area contributed by atoms with E-state index in [-0.39, 0.29) is 5.97 Å². The first-order valence-electron chi connectivity index (χ1n) is 8.48. The fraction of sp³-hybridized carbons (Fsp3) is 0.250. The van der Waals surface area contributed by atoms with Crippen LogP contribution in [0.3, 0.4) is 0 Å². The first-order valence-corrected chi connectivity index (χ1v) is 9.47. The molecule has 0 aliphatic carbocycles. The number of hydrogen-bond donors (Lipinski definition) is 0. The number of ether oxygens (including phenoxy) is 1. The van der Waals surface area contributed by atoms with Crippen molar-refractivity contribution in [1.82, 2.24) is 14.8 Å². The first-order chi connectivity index (χ1) is 12.7. The highest BCUT2D eigenvalue weighted by Gasteiger charge is 2.11. The van der Waals surface area contributed by atoms with Crippen LogP contribution in [0.2, 0.25) is 0 Å². The van der Waals surface area contributed by atoms with Crippen LogP contribution in [0.5, 0.6) is 0 Å². The van der Waals surface area contributed by atoms with Gasteiger partial charge in [-0.2, -0.15) is 0 Å². The normalized spacial score (nSPS) is 10.7. The van der Waals surface area contributed by atoms with Crippen LogP contribution < -0.4 is 0 Å². The average molecular weight is 367 g/mol. The molecule has 134 valence electrons. The SMILES string of the molecule is CCOC(=O)c1ccc(CSc2nnc(Cc3ccccc3)n2C)cc1. The highest BCUT2D eigenvalue weighted by Crippen LogP contribution is 2.22. The van der Waals surface area contributed by atoms with Crippen LogP contribution in [-0.2, 0) is 24.0 Å². The summed E-state index contributed by atoms with van der Waals surface area (Å²) < 4.78 is 7.03. The van der Waals surface area contributed by atoms with Gasteiger partial charge in [0.05, 0.1) is 12.2 Å². The Labute approximate surface area is 157 Å². The molecule has 1 aromatic heterocycles. The fourth-order valence-corrected chi connectivity index (χ4v) is 3.39. The van der Waals surface area contributed by atoms with E-state index in [1.807, 2.05) is 41.9 Å². The molecule has 0 spiro atoms. The summed E-state index contributed by atoms with van der Waals surface area (Å²) in [6.45, 7) is 2.18. The summed E-state index contributed by atoms with van der Waals surface area (Å²) in [5.41, 5.74) is 2.91. The maximum Gasteiger partial charge on any atom is 0.338 e. The van der Waals surface area contributed by atoms with Crippen LogP contribution in [-0.4, -0.2) is 27.3 Å². The van der Waals surface area contributed by atoms with Crippen LogP contribution in [0.25, 0.3) is 0 Å². The molecule has 2 aromatic carbocycles. The van der Waals surface area contributed by atoms with E-state index in [2.05, 4.69) is 22.3 Å². The van der Waals surface area contributed by atoms with Crippen LogP contribution in [0.1, 0.15) is 34.2 Å². The lowest BCUT2D eigenvalue weighted by Crippen LogP contribution is -2.04. The monoisotopic (exact) mass is 367 g/mol. The van der Waals surface area contributed by atoms with Gasteiger partial charge in [0.2, 0.25) is 0 Å².